The third-order valence-corrected chi connectivity index (χ3v) is 5.98. The van der Waals surface area contributed by atoms with Gasteiger partial charge in [-0.2, -0.15) is 5.10 Å². The van der Waals surface area contributed by atoms with Gasteiger partial charge in [-0.15, -0.1) is 11.8 Å². The first-order valence-electron chi connectivity index (χ1n) is 8.44. The molecule has 0 bridgehead atoms. The quantitative estimate of drug-likeness (QED) is 0.690. The minimum atomic E-state index is 0.135. The Morgan fingerprint density at radius 2 is 2.23 bits per heavy atom. The van der Waals surface area contributed by atoms with Gasteiger partial charge in [-0.25, -0.2) is 0 Å². The normalized spacial score (nSPS) is 16.5. The van der Waals surface area contributed by atoms with Crippen LogP contribution in [0.5, 0.6) is 0 Å². The van der Waals surface area contributed by atoms with E-state index in [0.717, 1.165) is 40.1 Å². The van der Waals surface area contributed by atoms with Crippen molar-refractivity contribution in [3.05, 3.63) is 70.9 Å². The molecular weight excluding hydrogens is 364 g/mol. The highest BCUT2D eigenvalue weighted by Crippen LogP contribution is 2.46. The summed E-state index contributed by atoms with van der Waals surface area (Å²) < 4.78 is 1.92. The molecule has 1 unspecified atom stereocenters. The average molecular weight is 383 g/mol. The van der Waals surface area contributed by atoms with E-state index in [-0.39, 0.29) is 5.25 Å². The van der Waals surface area contributed by atoms with Crippen LogP contribution in [-0.4, -0.2) is 27.1 Å². The smallest absolute Gasteiger partial charge is 0.129 e. The van der Waals surface area contributed by atoms with Crippen LogP contribution in [0.25, 0.3) is 17.5 Å². The highest BCUT2D eigenvalue weighted by atomic mass is 35.5. The molecule has 0 aliphatic carbocycles. The van der Waals surface area contributed by atoms with Crippen LogP contribution in [0.3, 0.4) is 0 Å². The second-order valence-corrected chi connectivity index (χ2v) is 7.75. The van der Waals surface area contributed by atoms with Crippen LogP contribution in [0, 0.1) is 0 Å². The largest absolute Gasteiger partial charge is 0.369 e. The lowest BCUT2D eigenvalue weighted by Gasteiger charge is -2.19. The molecule has 0 fully saturated rings. The third kappa shape index (κ3) is 3.02. The molecule has 0 radical (unpaired) electrons. The van der Waals surface area contributed by atoms with Crippen molar-refractivity contribution in [2.75, 3.05) is 17.6 Å². The number of halogens is 1. The Morgan fingerprint density at radius 3 is 3.00 bits per heavy atom. The van der Waals surface area contributed by atoms with Crippen molar-refractivity contribution >= 4 is 35.3 Å². The zero-order valence-electron chi connectivity index (χ0n) is 14.4. The van der Waals surface area contributed by atoms with Crippen molar-refractivity contribution in [2.24, 2.45) is 7.05 Å². The summed E-state index contributed by atoms with van der Waals surface area (Å²) in [5.74, 6) is 2.05. The molecule has 1 atom stereocenters. The zero-order chi connectivity index (χ0) is 18.1. The average Bonchev–Trinajstić information content (AvgIpc) is 2.85. The summed E-state index contributed by atoms with van der Waals surface area (Å²) >= 11 is 8.11. The van der Waals surface area contributed by atoms with Gasteiger partial charge >= 0.3 is 0 Å². The Bertz CT molecular complexity index is 952. The summed E-state index contributed by atoms with van der Waals surface area (Å²) in [4.78, 5) is 4.53. The van der Waals surface area contributed by atoms with Crippen molar-refractivity contribution in [1.29, 1.82) is 0 Å². The van der Waals surface area contributed by atoms with E-state index >= 15 is 0 Å². The van der Waals surface area contributed by atoms with Gasteiger partial charge in [0.05, 0.1) is 10.9 Å². The highest BCUT2D eigenvalue weighted by molar-refractivity contribution is 7.99. The molecule has 0 saturated heterocycles. The lowest BCUT2D eigenvalue weighted by molar-refractivity contribution is 0.773. The summed E-state index contributed by atoms with van der Waals surface area (Å²) in [5.41, 5.74) is 5.22. The Morgan fingerprint density at radius 1 is 1.35 bits per heavy atom. The highest BCUT2D eigenvalue weighted by Gasteiger charge is 2.30. The summed E-state index contributed by atoms with van der Waals surface area (Å²) in [5, 5.41) is 9.17. The van der Waals surface area contributed by atoms with E-state index in [1.54, 1.807) is 6.20 Å². The van der Waals surface area contributed by atoms with Crippen molar-refractivity contribution in [2.45, 2.75) is 5.25 Å². The molecule has 2 aromatic heterocycles. The fourth-order valence-electron chi connectivity index (χ4n) is 3.33. The number of aromatic nitrogens is 3. The number of nitrogens with zero attached hydrogens (tertiary/aromatic N) is 3. The predicted molar refractivity (Wildman–Crippen MR) is 111 cm³/mol. The zero-order valence-corrected chi connectivity index (χ0v) is 16.0. The van der Waals surface area contributed by atoms with Gasteiger partial charge in [-0.3, -0.25) is 9.67 Å². The summed E-state index contributed by atoms with van der Waals surface area (Å²) in [6.07, 6.45) is 3.68. The van der Waals surface area contributed by atoms with Gasteiger partial charge in [0.1, 0.15) is 11.5 Å². The van der Waals surface area contributed by atoms with Gasteiger partial charge in [0, 0.05) is 36.1 Å². The SMILES string of the molecule is C=Cc1cc(Cl)ccc1C1SCCNc2c1c(-c1ccccn1)nn2C. The van der Waals surface area contributed by atoms with Crippen molar-refractivity contribution < 1.29 is 0 Å². The van der Waals surface area contributed by atoms with E-state index in [9.17, 15) is 0 Å². The van der Waals surface area contributed by atoms with Crippen LogP contribution in [0.2, 0.25) is 5.02 Å². The van der Waals surface area contributed by atoms with Gasteiger partial charge < -0.3 is 5.32 Å². The number of aryl methyl sites for hydroxylation is 1. The van der Waals surface area contributed by atoms with E-state index in [2.05, 4.69) is 22.9 Å². The number of nitrogens with one attached hydrogen (secondary N) is 1. The molecule has 132 valence electrons. The van der Waals surface area contributed by atoms with Gasteiger partial charge in [-0.05, 0) is 35.4 Å². The predicted octanol–water partition coefficient (Wildman–Crippen LogP) is 5.03. The fraction of sp³-hybridized carbons (Fsp3) is 0.200. The first-order chi connectivity index (χ1) is 12.7. The van der Waals surface area contributed by atoms with Crippen molar-refractivity contribution in [3.8, 4) is 11.4 Å². The molecule has 3 aromatic rings. The number of anilines is 1. The molecule has 0 spiro atoms. The Hall–Kier alpha value is -2.24. The van der Waals surface area contributed by atoms with Crippen LogP contribution < -0.4 is 5.32 Å². The summed E-state index contributed by atoms with van der Waals surface area (Å²) in [6.45, 7) is 4.87. The number of thioether (sulfide) groups is 1. The number of benzene rings is 1. The van der Waals surface area contributed by atoms with E-state index in [0.29, 0.717) is 0 Å². The lowest BCUT2D eigenvalue weighted by Crippen LogP contribution is -2.06. The van der Waals surface area contributed by atoms with Crippen LogP contribution >= 0.6 is 23.4 Å². The number of fused-ring (bicyclic) bond motifs is 1. The first kappa shape index (κ1) is 17.2. The van der Waals surface area contributed by atoms with E-state index in [1.165, 1.54) is 11.1 Å². The monoisotopic (exact) mass is 382 g/mol. The summed E-state index contributed by atoms with van der Waals surface area (Å²) in [6, 6.07) is 11.9. The number of rotatable bonds is 3. The topological polar surface area (TPSA) is 42.7 Å². The van der Waals surface area contributed by atoms with Gasteiger partial charge in [-0.1, -0.05) is 36.4 Å². The molecule has 3 heterocycles. The Labute approximate surface area is 162 Å². The molecule has 1 N–H and O–H groups in total. The van der Waals surface area contributed by atoms with Crippen LogP contribution in [0.1, 0.15) is 21.9 Å². The maximum Gasteiger partial charge on any atom is 0.129 e. The second kappa shape index (κ2) is 7.17. The third-order valence-electron chi connectivity index (χ3n) is 4.48. The molecule has 0 saturated carbocycles. The lowest BCUT2D eigenvalue weighted by atomic mass is 9.97. The maximum atomic E-state index is 6.20. The first-order valence-corrected chi connectivity index (χ1v) is 9.87. The maximum absolute atomic E-state index is 6.20. The molecule has 26 heavy (non-hydrogen) atoms. The molecule has 1 aromatic carbocycles. The molecule has 6 heteroatoms. The molecule has 0 amide bonds. The van der Waals surface area contributed by atoms with Crippen LogP contribution in [0.4, 0.5) is 5.82 Å². The van der Waals surface area contributed by atoms with Crippen LogP contribution in [0.15, 0.2) is 49.2 Å². The fourth-order valence-corrected chi connectivity index (χ4v) is 4.75. The van der Waals surface area contributed by atoms with Gasteiger partial charge in [0.15, 0.2) is 0 Å². The second-order valence-electron chi connectivity index (χ2n) is 6.10. The standard InChI is InChI=1S/C20H19ClN4S/c1-3-13-12-14(21)7-8-15(13)19-17-18(16-6-4-5-9-22-16)24-25(2)20(17)23-10-11-26-19/h3-9,12,19,23H,1,10-11H2,2H3. The van der Waals surface area contributed by atoms with E-state index in [1.807, 2.05) is 59.9 Å². The molecule has 1 aliphatic rings. The number of hydrogen-bond acceptors (Lipinski definition) is 4. The Kier molecular flexibility index (Phi) is 4.74. The van der Waals surface area contributed by atoms with E-state index in [4.69, 9.17) is 16.7 Å². The minimum Gasteiger partial charge on any atom is -0.369 e. The number of hydrogen-bond donors (Lipinski definition) is 1. The molecule has 1 aliphatic heterocycles. The Balaban J connectivity index is 1.94. The minimum absolute atomic E-state index is 0.135. The van der Waals surface area contributed by atoms with Crippen LogP contribution in [-0.2, 0) is 7.05 Å². The molecule has 4 rings (SSSR count). The molecular formula is C20H19ClN4S. The van der Waals surface area contributed by atoms with E-state index < -0.39 is 0 Å². The summed E-state index contributed by atoms with van der Waals surface area (Å²) in [7, 11) is 1.97. The van der Waals surface area contributed by atoms with Crippen molar-refractivity contribution in [1.82, 2.24) is 14.8 Å². The molecule has 4 nitrogen and oxygen atoms in total. The van der Waals surface area contributed by atoms with Gasteiger partial charge in [0.2, 0.25) is 0 Å². The van der Waals surface area contributed by atoms with Gasteiger partial charge in [0.25, 0.3) is 0 Å². The van der Waals surface area contributed by atoms with Crippen molar-refractivity contribution in [3.63, 3.8) is 0 Å². The number of pyridine rings is 1.